The van der Waals surface area contributed by atoms with Gasteiger partial charge in [0.1, 0.15) is 5.69 Å². The molecule has 2 aliphatic rings. The van der Waals surface area contributed by atoms with E-state index in [0.29, 0.717) is 25.2 Å². The summed E-state index contributed by atoms with van der Waals surface area (Å²) in [5.74, 6) is -0.231. The molecule has 1 aliphatic heterocycles. The van der Waals surface area contributed by atoms with Crippen LogP contribution in [0.15, 0.2) is 24.3 Å². The minimum atomic E-state index is -0.249. The molecule has 2 fully saturated rings. The molecule has 4 rings (SSSR count). The van der Waals surface area contributed by atoms with Crippen LogP contribution in [0.25, 0.3) is 0 Å². The van der Waals surface area contributed by atoms with Crippen molar-refractivity contribution >= 4 is 11.8 Å². The van der Waals surface area contributed by atoms with E-state index in [1.807, 2.05) is 36.1 Å². The summed E-state index contributed by atoms with van der Waals surface area (Å²) < 4.78 is 0. The van der Waals surface area contributed by atoms with Gasteiger partial charge < -0.3 is 14.9 Å². The lowest BCUT2D eigenvalue weighted by molar-refractivity contribution is -0.132. The standard InChI is InChI=1S/C19H22N4O3/c1-11-5-3-4-6-13(11)9-16(24)22-7-8-23(15-10-14(15)22)19(26)17-18(25)12(2)20-21-17/h3-6,14-15,25H,7-10H2,1-2H3,(H,20,21). The number of carbonyl (C=O) groups excluding carboxylic acids is 2. The maximum atomic E-state index is 12.7. The predicted molar refractivity (Wildman–Crippen MR) is 94.8 cm³/mol. The van der Waals surface area contributed by atoms with Crippen molar-refractivity contribution in [2.24, 2.45) is 0 Å². The van der Waals surface area contributed by atoms with Crippen LogP contribution in [0.5, 0.6) is 5.75 Å². The van der Waals surface area contributed by atoms with Gasteiger partial charge in [0.2, 0.25) is 5.91 Å². The van der Waals surface area contributed by atoms with Crippen LogP contribution in [-0.4, -0.2) is 62.1 Å². The summed E-state index contributed by atoms with van der Waals surface area (Å²) in [6.07, 6.45) is 1.18. The smallest absolute Gasteiger partial charge is 0.276 e. The zero-order valence-electron chi connectivity index (χ0n) is 14.9. The lowest BCUT2D eigenvalue weighted by Gasteiger charge is -2.34. The molecule has 2 amide bonds. The Kier molecular flexibility index (Phi) is 3.94. The first-order valence-electron chi connectivity index (χ1n) is 8.86. The van der Waals surface area contributed by atoms with Gasteiger partial charge in [0.05, 0.1) is 18.5 Å². The van der Waals surface area contributed by atoms with E-state index < -0.39 is 0 Å². The van der Waals surface area contributed by atoms with Gasteiger partial charge in [0, 0.05) is 13.1 Å². The predicted octanol–water partition coefficient (Wildman–Crippen LogP) is 1.40. The third-order valence-electron chi connectivity index (χ3n) is 5.42. The summed E-state index contributed by atoms with van der Waals surface area (Å²) in [5.41, 5.74) is 2.71. The van der Waals surface area contributed by atoms with Gasteiger partial charge in [-0.15, -0.1) is 0 Å². The third kappa shape index (κ3) is 2.73. The Hall–Kier alpha value is -2.83. The van der Waals surface area contributed by atoms with Crippen LogP contribution in [0.2, 0.25) is 0 Å². The molecule has 1 aliphatic carbocycles. The van der Waals surface area contributed by atoms with Crippen LogP contribution < -0.4 is 0 Å². The highest BCUT2D eigenvalue weighted by molar-refractivity contribution is 5.96. The van der Waals surface area contributed by atoms with E-state index in [9.17, 15) is 14.7 Å². The molecule has 2 aromatic rings. The highest BCUT2D eigenvalue weighted by atomic mass is 16.3. The molecule has 7 heteroatoms. The van der Waals surface area contributed by atoms with Gasteiger partial charge in [0.15, 0.2) is 11.4 Å². The number of nitrogens with one attached hydrogen (secondary N) is 1. The normalized spacial score (nSPS) is 21.5. The Labute approximate surface area is 151 Å². The summed E-state index contributed by atoms with van der Waals surface area (Å²) in [6, 6.07) is 8.02. The second kappa shape index (κ2) is 6.16. The molecule has 2 heterocycles. The van der Waals surface area contributed by atoms with Crippen molar-refractivity contribution < 1.29 is 14.7 Å². The summed E-state index contributed by atoms with van der Waals surface area (Å²) in [6.45, 7) is 4.64. The number of benzene rings is 1. The second-order valence-corrected chi connectivity index (χ2v) is 7.09. The number of piperazine rings is 1. The number of rotatable bonds is 3. The Morgan fingerprint density at radius 3 is 2.58 bits per heavy atom. The molecule has 1 aromatic heterocycles. The fourth-order valence-corrected chi connectivity index (χ4v) is 3.74. The number of aromatic hydroxyl groups is 1. The van der Waals surface area contributed by atoms with Crippen LogP contribution in [0.1, 0.15) is 33.7 Å². The maximum absolute atomic E-state index is 12.7. The number of aromatic amines is 1. The molecule has 26 heavy (non-hydrogen) atoms. The van der Waals surface area contributed by atoms with E-state index in [1.54, 1.807) is 11.8 Å². The molecule has 1 aromatic carbocycles. The lowest BCUT2D eigenvalue weighted by Crippen LogP contribution is -2.51. The van der Waals surface area contributed by atoms with Crippen molar-refractivity contribution in [2.75, 3.05) is 13.1 Å². The monoisotopic (exact) mass is 354 g/mol. The number of H-pyrrole nitrogens is 1. The van der Waals surface area contributed by atoms with Crippen molar-refractivity contribution in [3.8, 4) is 5.75 Å². The quantitative estimate of drug-likeness (QED) is 0.872. The Balaban J connectivity index is 1.43. The number of nitrogens with zero attached hydrogens (tertiary/aromatic N) is 3. The second-order valence-electron chi connectivity index (χ2n) is 7.09. The zero-order valence-corrected chi connectivity index (χ0v) is 14.9. The van der Waals surface area contributed by atoms with E-state index in [0.717, 1.165) is 17.5 Å². The third-order valence-corrected chi connectivity index (χ3v) is 5.42. The molecule has 1 saturated carbocycles. The lowest BCUT2D eigenvalue weighted by atomic mass is 10.1. The van der Waals surface area contributed by atoms with Gasteiger partial charge in [-0.1, -0.05) is 24.3 Å². The Bertz CT molecular complexity index is 875. The van der Waals surface area contributed by atoms with E-state index in [1.165, 1.54) is 0 Å². The molecule has 1 saturated heterocycles. The molecule has 0 radical (unpaired) electrons. The fraction of sp³-hybridized carbons (Fsp3) is 0.421. The first kappa shape index (κ1) is 16.6. The highest BCUT2D eigenvalue weighted by Gasteiger charge is 2.52. The topological polar surface area (TPSA) is 89.5 Å². The molecule has 136 valence electrons. The van der Waals surface area contributed by atoms with E-state index >= 15 is 0 Å². The minimum Gasteiger partial charge on any atom is -0.504 e. The first-order valence-corrected chi connectivity index (χ1v) is 8.86. The zero-order chi connectivity index (χ0) is 18.4. The number of aryl methyl sites for hydroxylation is 2. The first-order chi connectivity index (χ1) is 12.5. The number of fused-ring (bicyclic) bond motifs is 1. The highest BCUT2D eigenvalue weighted by Crippen LogP contribution is 2.38. The molecule has 0 bridgehead atoms. The van der Waals surface area contributed by atoms with Crippen molar-refractivity contribution in [3.63, 3.8) is 0 Å². The Morgan fingerprint density at radius 2 is 1.88 bits per heavy atom. The van der Waals surface area contributed by atoms with Crippen LogP contribution >= 0.6 is 0 Å². The minimum absolute atomic E-state index is 0.0278. The van der Waals surface area contributed by atoms with Crippen molar-refractivity contribution in [1.82, 2.24) is 20.0 Å². The van der Waals surface area contributed by atoms with Gasteiger partial charge in [0.25, 0.3) is 5.91 Å². The maximum Gasteiger partial charge on any atom is 0.276 e. The van der Waals surface area contributed by atoms with Crippen LogP contribution in [0.3, 0.4) is 0 Å². The molecular formula is C19H22N4O3. The van der Waals surface area contributed by atoms with Gasteiger partial charge in [-0.2, -0.15) is 5.10 Å². The van der Waals surface area contributed by atoms with Gasteiger partial charge >= 0.3 is 0 Å². The number of aromatic nitrogens is 2. The van der Waals surface area contributed by atoms with Crippen molar-refractivity contribution in [3.05, 3.63) is 46.8 Å². The van der Waals surface area contributed by atoms with Gasteiger partial charge in [-0.05, 0) is 31.4 Å². The number of amides is 2. The molecule has 2 atom stereocenters. The van der Waals surface area contributed by atoms with Gasteiger partial charge in [-0.3, -0.25) is 14.7 Å². The van der Waals surface area contributed by atoms with Crippen molar-refractivity contribution in [2.45, 2.75) is 38.8 Å². The fourth-order valence-electron chi connectivity index (χ4n) is 3.74. The number of hydrogen-bond donors (Lipinski definition) is 2. The van der Waals surface area contributed by atoms with E-state index in [4.69, 9.17) is 0 Å². The van der Waals surface area contributed by atoms with Crippen LogP contribution in [0.4, 0.5) is 0 Å². The van der Waals surface area contributed by atoms with Crippen LogP contribution in [0, 0.1) is 13.8 Å². The number of carbonyl (C=O) groups is 2. The summed E-state index contributed by atoms with van der Waals surface area (Å²) in [5, 5.41) is 16.5. The average Bonchev–Trinajstić information content (AvgIpc) is 3.36. The summed E-state index contributed by atoms with van der Waals surface area (Å²) in [7, 11) is 0. The van der Waals surface area contributed by atoms with Gasteiger partial charge in [-0.25, -0.2) is 0 Å². The van der Waals surface area contributed by atoms with E-state index in [-0.39, 0.29) is 35.3 Å². The molecule has 2 unspecified atom stereocenters. The summed E-state index contributed by atoms with van der Waals surface area (Å²) >= 11 is 0. The molecule has 7 nitrogen and oxygen atoms in total. The molecular weight excluding hydrogens is 332 g/mol. The Morgan fingerprint density at radius 1 is 1.19 bits per heavy atom. The number of hydrogen-bond acceptors (Lipinski definition) is 4. The van der Waals surface area contributed by atoms with Crippen LogP contribution in [-0.2, 0) is 11.2 Å². The SMILES string of the molecule is Cc1ccccc1CC(=O)N1CCN(C(=O)c2[nH]nc(C)c2O)C2CC21. The molecule has 2 N–H and O–H groups in total. The van der Waals surface area contributed by atoms with Crippen molar-refractivity contribution in [1.29, 1.82) is 0 Å². The molecule has 0 spiro atoms. The summed E-state index contributed by atoms with van der Waals surface area (Å²) in [4.78, 5) is 29.0. The van der Waals surface area contributed by atoms with E-state index in [2.05, 4.69) is 10.2 Å². The largest absolute Gasteiger partial charge is 0.504 e. The average molecular weight is 354 g/mol.